The average Bonchev–Trinajstić information content (AvgIpc) is 2.38. The van der Waals surface area contributed by atoms with Gasteiger partial charge in [-0.1, -0.05) is 32.4 Å². The van der Waals surface area contributed by atoms with Gasteiger partial charge in [0.1, 0.15) is 6.10 Å². The number of carbonyl (C=O) groups is 1. The molecule has 2 heteroatoms. The van der Waals surface area contributed by atoms with Crippen LogP contribution in [0.15, 0.2) is 12.2 Å². The van der Waals surface area contributed by atoms with Gasteiger partial charge in [-0.15, -0.1) is 0 Å². The molecular formula is C16H26O2. The molecule has 0 aliphatic heterocycles. The van der Waals surface area contributed by atoms with E-state index in [-0.39, 0.29) is 17.5 Å². The molecule has 2 fully saturated rings. The molecule has 18 heavy (non-hydrogen) atoms. The summed E-state index contributed by atoms with van der Waals surface area (Å²) in [5.41, 5.74) is 1.63. The van der Waals surface area contributed by atoms with E-state index in [1.807, 2.05) is 0 Å². The summed E-state index contributed by atoms with van der Waals surface area (Å²) in [7, 11) is 0. The number of hydrogen-bond donors (Lipinski definition) is 0. The summed E-state index contributed by atoms with van der Waals surface area (Å²) < 4.78 is 5.49. The molecule has 3 atom stereocenters. The number of hydrogen-bond acceptors (Lipinski definition) is 2. The maximum atomic E-state index is 11.2. The summed E-state index contributed by atoms with van der Waals surface area (Å²) in [5.74, 6) is 1.11. The quantitative estimate of drug-likeness (QED) is 0.517. The van der Waals surface area contributed by atoms with Gasteiger partial charge in [0, 0.05) is 6.92 Å². The van der Waals surface area contributed by atoms with Gasteiger partial charge in [0.15, 0.2) is 0 Å². The van der Waals surface area contributed by atoms with Crippen LogP contribution in [0.1, 0.15) is 59.3 Å². The summed E-state index contributed by atoms with van der Waals surface area (Å²) >= 11 is 0. The van der Waals surface area contributed by atoms with Crippen LogP contribution in [-0.4, -0.2) is 12.1 Å². The predicted molar refractivity (Wildman–Crippen MR) is 73.2 cm³/mol. The second-order valence-electron chi connectivity index (χ2n) is 6.62. The van der Waals surface area contributed by atoms with Gasteiger partial charge in [0.05, 0.1) is 0 Å². The SMILES string of the molecule is C=C1[C@@H]2CCC[C@H](C[C@H](OC(C)=O)CC2)C1(C)C. The summed E-state index contributed by atoms with van der Waals surface area (Å²) in [6, 6.07) is 0. The average molecular weight is 250 g/mol. The third-order valence-corrected chi connectivity index (χ3v) is 5.16. The van der Waals surface area contributed by atoms with Crippen LogP contribution in [0.4, 0.5) is 0 Å². The molecule has 102 valence electrons. The first-order valence-electron chi connectivity index (χ1n) is 7.27. The summed E-state index contributed by atoms with van der Waals surface area (Å²) in [5, 5.41) is 0. The van der Waals surface area contributed by atoms with Crippen molar-refractivity contribution in [2.45, 2.75) is 65.4 Å². The Kier molecular flexibility index (Phi) is 3.84. The molecule has 0 N–H and O–H groups in total. The van der Waals surface area contributed by atoms with E-state index in [2.05, 4.69) is 20.4 Å². The molecule has 2 rings (SSSR count). The molecule has 0 heterocycles. The zero-order valence-electron chi connectivity index (χ0n) is 12.0. The third-order valence-electron chi connectivity index (χ3n) is 5.16. The van der Waals surface area contributed by atoms with Crippen molar-refractivity contribution in [3.8, 4) is 0 Å². The van der Waals surface area contributed by atoms with Gasteiger partial charge in [-0.2, -0.15) is 0 Å². The van der Waals surface area contributed by atoms with Crippen molar-refractivity contribution in [1.82, 2.24) is 0 Å². The predicted octanol–water partition coefficient (Wildman–Crippen LogP) is 4.10. The summed E-state index contributed by atoms with van der Waals surface area (Å²) in [6.07, 6.45) is 7.10. The Balaban J connectivity index is 2.21. The van der Waals surface area contributed by atoms with Crippen LogP contribution in [-0.2, 0) is 9.53 Å². The molecule has 0 aromatic carbocycles. The highest BCUT2D eigenvalue weighted by atomic mass is 16.5. The normalized spacial score (nSPS) is 35.5. The van der Waals surface area contributed by atoms with Crippen LogP contribution < -0.4 is 0 Å². The molecule has 0 aromatic rings. The number of carbonyl (C=O) groups excluding carboxylic acids is 1. The van der Waals surface area contributed by atoms with E-state index in [0.29, 0.717) is 11.8 Å². The van der Waals surface area contributed by atoms with E-state index in [9.17, 15) is 4.79 Å². The first-order chi connectivity index (χ1) is 8.41. The lowest BCUT2D eigenvalue weighted by atomic mass is 9.66. The minimum atomic E-state index is -0.133. The topological polar surface area (TPSA) is 26.3 Å². The Morgan fingerprint density at radius 3 is 2.67 bits per heavy atom. The van der Waals surface area contributed by atoms with Crippen LogP contribution in [0.2, 0.25) is 0 Å². The van der Waals surface area contributed by atoms with Crippen LogP contribution >= 0.6 is 0 Å². The Morgan fingerprint density at radius 1 is 1.28 bits per heavy atom. The molecule has 0 spiro atoms. The fourth-order valence-corrected chi connectivity index (χ4v) is 3.83. The van der Waals surface area contributed by atoms with E-state index in [1.54, 1.807) is 0 Å². The molecule has 2 aliphatic carbocycles. The Hall–Kier alpha value is -0.790. The molecule has 0 amide bonds. The molecule has 0 saturated heterocycles. The Morgan fingerprint density at radius 2 is 2.00 bits per heavy atom. The number of ether oxygens (including phenoxy) is 1. The van der Waals surface area contributed by atoms with Gasteiger partial charge in [-0.05, 0) is 49.4 Å². The maximum absolute atomic E-state index is 11.2. The van der Waals surface area contributed by atoms with Crippen molar-refractivity contribution in [3.63, 3.8) is 0 Å². The van der Waals surface area contributed by atoms with Gasteiger partial charge in [-0.25, -0.2) is 0 Å². The van der Waals surface area contributed by atoms with Crippen LogP contribution in [0.3, 0.4) is 0 Å². The fraction of sp³-hybridized carbons (Fsp3) is 0.812. The molecule has 2 bridgehead atoms. The summed E-state index contributed by atoms with van der Waals surface area (Å²) in [6.45, 7) is 10.6. The van der Waals surface area contributed by atoms with E-state index in [1.165, 1.54) is 31.8 Å². The second-order valence-corrected chi connectivity index (χ2v) is 6.62. The fourth-order valence-electron chi connectivity index (χ4n) is 3.83. The molecular weight excluding hydrogens is 224 g/mol. The first kappa shape index (κ1) is 13.6. The molecule has 2 nitrogen and oxygen atoms in total. The van der Waals surface area contributed by atoms with Crippen molar-refractivity contribution in [1.29, 1.82) is 0 Å². The number of allylic oxidation sites excluding steroid dienone is 1. The van der Waals surface area contributed by atoms with Crippen LogP contribution in [0, 0.1) is 17.3 Å². The monoisotopic (exact) mass is 250 g/mol. The van der Waals surface area contributed by atoms with E-state index < -0.39 is 0 Å². The zero-order valence-corrected chi connectivity index (χ0v) is 12.0. The first-order valence-corrected chi connectivity index (χ1v) is 7.27. The van der Waals surface area contributed by atoms with Crippen molar-refractivity contribution >= 4 is 5.97 Å². The largest absolute Gasteiger partial charge is 0.463 e. The van der Waals surface area contributed by atoms with Gasteiger partial charge in [0.25, 0.3) is 0 Å². The maximum Gasteiger partial charge on any atom is 0.302 e. The Labute approximate surface area is 111 Å². The standard InChI is InChI=1S/C16H26O2/c1-11-13-6-5-7-14(16(11,3)4)10-15(9-8-13)18-12(2)17/h13-15H,1,5-10H2,2-4H3/t13-,14-,15-/m1/s1. The molecule has 2 saturated carbocycles. The molecule has 0 aromatic heterocycles. The number of esters is 1. The third kappa shape index (κ3) is 2.62. The molecule has 2 aliphatic rings. The van der Waals surface area contributed by atoms with Crippen molar-refractivity contribution in [2.75, 3.05) is 0 Å². The van der Waals surface area contributed by atoms with Crippen LogP contribution in [0.5, 0.6) is 0 Å². The lowest BCUT2D eigenvalue weighted by Crippen LogP contribution is -2.34. The highest BCUT2D eigenvalue weighted by molar-refractivity contribution is 5.66. The lowest BCUT2D eigenvalue weighted by molar-refractivity contribution is -0.148. The molecule has 0 unspecified atom stereocenters. The van der Waals surface area contributed by atoms with Crippen molar-refractivity contribution in [3.05, 3.63) is 12.2 Å². The molecule has 0 radical (unpaired) electrons. The number of rotatable bonds is 1. The van der Waals surface area contributed by atoms with Crippen molar-refractivity contribution in [2.24, 2.45) is 17.3 Å². The Bertz CT molecular complexity index is 343. The highest BCUT2D eigenvalue weighted by Gasteiger charge is 2.41. The van der Waals surface area contributed by atoms with E-state index in [4.69, 9.17) is 4.74 Å². The summed E-state index contributed by atoms with van der Waals surface area (Å²) in [4.78, 5) is 11.2. The van der Waals surface area contributed by atoms with Gasteiger partial charge < -0.3 is 4.74 Å². The number of fused-ring (bicyclic) bond motifs is 3. The van der Waals surface area contributed by atoms with Crippen molar-refractivity contribution < 1.29 is 9.53 Å². The minimum absolute atomic E-state index is 0.125. The van der Waals surface area contributed by atoms with Crippen LogP contribution in [0.25, 0.3) is 0 Å². The minimum Gasteiger partial charge on any atom is -0.463 e. The van der Waals surface area contributed by atoms with E-state index in [0.717, 1.165) is 19.3 Å². The van der Waals surface area contributed by atoms with Gasteiger partial charge in [0.2, 0.25) is 0 Å². The zero-order chi connectivity index (χ0) is 13.3. The highest BCUT2D eigenvalue weighted by Crippen LogP contribution is 2.50. The van der Waals surface area contributed by atoms with E-state index >= 15 is 0 Å². The van der Waals surface area contributed by atoms with Gasteiger partial charge in [-0.3, -0.25) is 4.79 Å². The second kappa shape index (κ2) is 5.07. The smallest absolute Gasteiger partial charge is 0.302 e. The van der Waals surface area contributed by atoms with Gasteiger partial charge >= 0.3 is 5.97 Å². The lowest BCUT2D eigenvalue weighted by Gasteiger charge is -2.41.